The second-order valence-corrected chi connectivity index (χ2v) is 5.63. The molecule has 0 bridgehead atoms. The standard InChI is InChI=1S/C15H18FN3OS/c1-4-17-10(3)13-8-21-15(18-13)19-14(20)12-7-11(16)6-5-9(12)2/h5-8,10,17H,4H2,1-3H3,(H,18,19,20). The Hall–Kier alpha value is -1.79. The van der Waals surface area contributed by atoms with Gasteiger partial charge in [-0.2, -0.15) is 0 Å². The Balaban J connectivity index is 2.11. The highest BCUT2D eigenvalue weighted by Crippen LogP contribution is 2.21. The minimum atomic E-state index is -0.425. The van der Waals surface area contributed by atoms with Gasteiger partial charge in [-0.1, -0.05) is 13.0 Å². The van der Waals surface area contributed by atoms with Crippen molar-refractivity contribution in [1.82, 2.24) is 10.3 Å². The van der Waals surface area contributed by atoms with E-state index in [4.69, 9.17) is 0 Å². The molecule has 0 spiro atoms. The number of thiazole rings is 1. The topological polar surface area (TPSA) is 54.0 Å². The van der Waals surface area contributed by atoms with Crippen molar-refractivity contribution in [2.24, 2.45) is 0 Å². The summed E-state index contributed by atoms with van der Waals surface area (Å²) in [5.41, 5.74) is 1.94. The molecular weight excluding hydrogens is 289 g/mol. The number of amides is 1. The molecule has 2 aromatic rings. The molecule has 2 N–H and O–H groups in total. The maximum absolute atomic E-state index is 13.2. The molecule has 2 rings (SSSR count). The van der Waals surface area contributed by atoms with Gasteiger partial charge in [0.15, 0.2) is 5.13 Å². The van der Waals surface area contributed by atoms with Crippen molar-refractivity contribution in [1.29, 1.82) is 0 Å². The fourth-order valence-electron chi connectivity index (χ4n) is 1.96. The lowest BCUT2D eigenvalue weighted by Crippen LogP contribution is -2.18. The van der Waals surface area contributed by atoms with Gasteiger partial charge in [-0.05, 0) is 38.1 Å². The average Bonchev–Trinajstić information content (AvgIpc) is 2.90. The van der Waals surface area contributed by atoms with Gasteiger partial charge in [-0.3, -0.25) is 10.1 Å². The first-order valence-electron chi connectivity index (χ1n) is 6.77. The molecule has 112 valence electrons. The van der Waals surface area contributed by atoms with Crippen LogP contribution in [0.1, 0.15) is 41.5 Å². The Morgan fingerprint density at radius 2 is 2.24 bits per heavy atom. The van der Waals surface area contributed by atoms with E-state index in [-0.39, 0.29) is 11.9 Å². The van der Waals surface area contributed by atoms with Gasteiger partial charge in [0, 0.05) is 17.0 Å². The van der Waals surface area contributed by atoms with Gasteiger partial charge in [-0.25, -0.2) is 9.37 Å². The Labute approximate surface area is 127 Å². The number of benzene rings is 1. The summed E-state index contributed by atoms with van der Waals surface area (Å²) in [7, 11) is 0. The van der Waals surface area contributed by atoms with E-state index in [2.05, 4.69) is 15.6 Å². The van der Waals surface area contributed by atoms with Crippen LogP contribution in [-0.4, -0.2) is 17.4 Å². The molecule has 1 unspecified atom stereocenters. The van der Waals surface area contributed by atoms with Crippen molar-refractivity contribution in [3.63, 3.8) is 0 Å². The Morgan fingerprint density at radius 3 is 2.95 bits per heavy atom. The average molecular weight is 307 g/mol. The van der Waals surface area contributed by atoms with Crippen LogP contribution < -0.4 is 10.6 Å². The smallest absolute Gasteiger partial charge is 0.257 e. The van der Waals surface area contributed by atoms with Crippen molar-refractivity contribution < 1.29 is 9.18 Å². The van der Waals surface area contributed by atoms with Gasteiger partial charge >= 0.3 is 0 Å². The number of nitrogens with one attached hydrogen (secondary N) is 2. The van der Waals surface area contributed by atoms with E-state index in [0.29, 0.717) is 10.7 Å². The summed E-state index contributed by atoms with van der Waals surface area (Å²) in [6.07, 6.45) is 0. The number of nitrogens with zero attached hydrogens (tertiary/aromatic N) is 1. The number of aromatic nitrogens is 1. The summed E-state index contributed by atoms with van der Waals surface area (Å²) >= 11 is 1.36. The zero-order valence-corrected chi connectivity index (χ0v) is 13.1. The summed E-state index contributed by atoms with van der Waals surface area (Å²) in [6.45, 7) is 6.66. The zero-order chi connectivity index (χ0) is 15.4. The maximum Gasteiger partial charge on any atom is 0.257 e. The van der Waals surface area contributed by atoms with E-state index in [0.717, 1.165) is 17.8 Å². The van der Waals surface area contributed by atoms with Crippen LogP contribution in [0.5, 0.6) is 0 Å². The Bertz CT molecular complexity index is 642. The first kappa shape index (κ1) is 15.6. The van der Waals surface area contributed by atoms with Crippen LogP contribution in [0.15, 0.2) is 23.6 Å². The Morgan fingerprint density at radius 1 is 1.48 bits per heavy atom. The molecule has 4 nitrogen and oxygen atoms in total. The molecule has 1 aromatic heterocycles. The number of hydrogen-bond acceptors (Lipinski definition) is 4. The molecule has 1 aromatic carbocycles. The van der Waals surface area contributed by atoms with Crippen LogP contribution in [0.4, 0.5) is 9.52 Å². The quantitative estimate of drug-likeness (QED) is 0.888. The predicted molar refractivity (Wildman–Crippen MR) is 83.3 cm³/mol. The molecular formula is C15H18FN3OS. The minimum absolute atomic E-state index is 0.132. The molecule has 0 radical (unpaired) electrons. The highest BCUT2D eigenvalue weighted by atomic mass is 32.1. The van der Waals surface area contributed by atoms with Crippen molar-refractivity contribution in [2.45, 2.75) is 26.8 Å². The molecule has 0 aliphatic carbocycles. The third kappa shape index (κ3) is 3.86. The summed E-state index contributed by atoms with van der Waals surface area (Å²) < 4.78 is 13.2. The van der Waals surface area contributed by atoms with Crippen LogP contribution in [0, 0.1) is 12.7 Å². The Kier molecular flexibility index (Phi) is 5.03. The van der Waals surface area contributed by atoms with Crippen molar-refractivity contribution in [2.75, 3.05) is 11.9 Å². The van der Waals surface area contributed by atoms with E-state index < -0.39 is 5.82 Å². The molecule has 0 saturated carbocycles. The number of anilines is 1. The highest BCUT2D eigenvalue weighted by Gasteiger charge is 2.14. The van der Waals surface area contributed by atoms with Crippen LogP contribution in [-0.2, 0) is 0 Å². The summed E-state index contributed by atoms with van der Waals surface area (Å²) in [5, 5.41) is 8.40. The number of carbonyl (C=O) groups excluding carboxylic acids is 1. The fraction of sp³-hybridized carbons (Fsp3) is 0.333. The third-order valence-electron chi connectivity index (χ3n) is 3.14. The molecule has 1 atom stereocenters. The second-order valence-electron chi connectivity index (χ2n) is 4.77. The maximum atomic E-state index is 13.2. The molecule has 0 saturated heterocycles. The van der Waals surface area contributed by atoms with Gasteiger partial charge in [0.05, 0.1) is 5.69 Å². The van der Waals surface area contributed by atoms with Crippen molar-refractivity contribution in [3.05, 3.63) is 46.2 Å². The number of hydrogen-bond donors (Lipinski definition) is 2. The minimum Gasteiger partial charge on any atom is -0.309 e. The van der Waals surface area contributed by atoms with E-state index in [9.17, 15) is 9.18 Å². The number of carbonyl (C=O) groups is 1. The largest absolute Gasteiger partial charge is 0.309 e. The van der Waals surface area contributed by atoms with Crippen molar-refractivity contribution in [3.8, 4) is 0 Å². The number of aryl methyl sites for hydroxylation is 1. The lowest BCUT2D eigenvalue weighted by molar-refractivity contribution is 0.102. The molecule has 21 heavy (non-hydrogen) atoms. The summed E-state index contributed by atoms with van der Waals surface area (Å²) in [6, 6.07) is 4.30. The van der Waals surface area contributed by atoms with E-state index in [1.54, 1.807) is 13.0 Å². The number of halogens is 1. The summed E-state index contributed by atoms with van der Waals surface area (Å²) in [5.74, 6) is -0.768. The molecule has 0 aliphatic heterocycles. The zero-order valence-electron chi connectivity index (χ0n) is 12.2. The highest BCUT2D eigenvalue weighted by molar-refractivity contribution is 7.14. The lowest BCUT2D eigenvalue weighted by atomic mass is 10.1. The molecule has 0 aliphatic rings. The first-order valence-corrected chi connectivity index (χ1v) is 7.65. The van der Waals surface area contributed by atoms with Crippen LogP contribution >= 0.6 is 11.3 Å². The van der Waals surface area contributed by atoms with Crippen molar-refractivity contribution >= 4 is 22.4 Å². The predicted octanol–water partition coefficient (Wildman–Crippen LogP) is 3.51. The monoisotopic (exact) mass is 307 g/mol. The fourth-order valence-corrected chi connectivity index (χ4v) is 2.76. The lowest BCUT2D eigenvalue weighted by Gasteiger charge is -2.08. The molecule has 0 fully saturated rings. The second kappa shape index (κ2) is 6.78. The number of rotatable bonds is 5. The first-order chi connectivity index (χ1) is 10.0. The van der Waals surface area contributed by atoms with Gasteiger partial charge in [-0.15, -0.1) is 11.3 Å². The molecule has 1 heterocycles. The normalized spacial score (nSPS) is 12.2. The van der Waals surface area contributed by atoms with Crippen LogP contribution in [0.3, 0.4) is 0 Å². The van der Waals surface area contributed by atoms with E-state index >= 15 is 0 Å². The van der Waals surface area contributed by atoms with Crippen LogP contribution in [0.2, 0.25) is 0 Å². The van der Waals surface area contributed by atoms with Gasteiger partial charge in [0.2, 0.25) is 0 Å². The third-order valence-corrected chi connectivity index (χ3v) is 3.92. The van der Waals surface area contributed by atoms with Gasteiger partial charge in [0.1, 0.15) is 5.82 Å². The molecule has 6 heteroatoms. The molecule has 1 amide bonds. The van der Waals surface area contributed by atoms with Gasteiger partial charge in [0.25, 0.3) is 5.91 Å². The SMILES string of the molecule is CCNC(C)c1csc(NC(=O)c2cc(F)ccc2C)n1. The summed E-state index contributed by atoms with van der Waals surface area (Å²) in [4.78, 5) is 16.5. The van der Waals surface area contributed by atoms with Crippen LogP contribution in [0.25, 0.3) is 0 Å². The van der Waals surface area contributed by atoms with Gasteiger partial charge < -0.3 is 5.32 Å². The van der Waals surface area contributed by atoms with E-state index in [1.807, 2.05) is 19.2 Å². The van der Waals surface area contributed by atoms with E-state index in [1.165, 1.54) is 23.5 Å².